The first-order chi connectivity index (χ1) is 14.9. The number of anilines is 1. The number of nitrogens with one attached hydrogen (secondary N) is 1. The minimum atomic E-state index is -1.33. The summed E-state index contributed by atoms with van der Waals surface area (Å²) < 4.78 is 11.9. The van der Waals surface area contributed by atoms with Gasteiger partial charge >= 0.3 is 11.1 Å². The van der Waals surface area contributed by atoms with E-state index in [1.165, 1.54) is 23.0 Å². The number of rotatable bonds is 6. The molecule has 4 rings (SSSR count). The van der Waals surface area contributed by atoms with E-state index in [4.69, 9.17) is 9.47 Å². The molecule has 1 saturated heterocycles. The van der Waals surface area contributed by atoms with Gasteiger partial charge in [0.15, 0.2) is 23.2 Å². The summed E-state index contributed by atoms with van der Waals surface area (Å²) in [4.78, 5) is 35.0. The van der Waals surface area contributed by atoms with Crippen molar-refractivity contribution in [1.29, 1.82) is 0 Å². The maximum Gasteiger partial charge on any atom is 0.413 e. The standard InChI is InChI=1S/C16H16N6O8S/c23-3-8-11(24)12(25)15(30-8)21-6-19-10-13(17-5-18-14(10)21)20-16(26)29-4-7-1-2-9(31-7)22(27)28/h1-2,5-6,8,11-12,15,23-25H,3-4H2,(H,17,18,20,26)/t8-,11-,12+,15?/m1/s1. The monoisotopic (exact) mass is 452 g/mol. The highest BCUT2D eigenvalue weighted by Crippen LogP contribution is 2.32. The van der Waals surface area contributed by atoms with E-state index in [0.29, 0.717) is 4.88 Å². The molecule has 0 spiro atoms. The topological polar surface area (TPSA) is 195 Å². The van der Waals surface area contributed by atoms with Gasteiger partial charge in [-0.1, -0.05) is 11.3 Å². The predicted molar refractivity (Wildman–Crippen MR) is 103 cm³/mol. The second-order valence-electron chi connectivity index (χ2n) is 6.47. The highest BCUT2D eigenvalue weighted by molar-refractivity contribution is 7.15. The van der Waals surface area contributed by atoms with Crippen LogP contribution in [0.25, 0.3) is 11.2 Å². The summed E-state index contributed by atoms with van der Waals surface area (Å²) in [7, 11) is 0. The molecule has 1 unspecified atom stereocenters. The summed E-state index contributed by atoms with van der Waals surface area (Å²) >= 11 is 0.890. The van der Waals surface area contributed by atoms with Gasteiger partial charge in [-0.05, 0) is 6.07 Å². The van der Waals surface area contributed by atoms with E-state index in [1.54, 1.807) is 0 Å². The van der Waals surface area contributed by atoms with Crippen molar-refractivity contribution in [1.82, 2.24) is 19.5 Å². The molecule has 0 saturated carbocycles. The van der Waals surface area contributed by atoms with E-state index in [1.807, 2.05) is 0 Å². The number of thiophene rings is 1. The molecule has 3 aromatic heterocycles. The number of carbonyl (C=O) groups is 1. The highest BCUT2D eigenvalue weighted by Gasteiger charge is 2.44. The molecule has 0 bridgehead atoms. The lowest BCUT2D eigenvalue weighted by atomic mass is 10.1. The molecular formula is C16H16N6O8S. The van der Waals surface area contributed by atoms with Crippen LogP contribution in [0.2, 0.25) is 0 Å². The minimum Gasteiger partial charge on any atom is -0.444 e. The molecule has 3 aromatic rings. The second-order valence-corrected chi connectivity index (χ2v) is 7.62. The van der Waals surface area contributed by atoms with Crippen LogP contribution in [0.3, 0.4) is 0 Å². The van der Waals surface area contributed by atoms with Gasteiger partial charge in [-0.25, -0.2) is 19.7 Å². The van der Waals surface area contributed by atoms with Gasteiger partial charge in [0.25, 0.3) is 0 Å². The third-order valence-electron chi connectivity index (χ3n) is 4.54. The number of imidazole rings is 1. The van der Waals surface area contributed by atoms with Crippen LogP contribution in [-0.4, -0.2) is 70.8 Å². The Hall–Kier alpha value is -3.24. The van der Waals surface area contributed by atoms with E-state index in [9.17, 15) is 30.2 Å². The summed E-state index contributed by atoms with van der Waals surface area (Å²) in [6.45, 7) is -0.655. The molecule has 4 N–H and O–H groups in total. The van der Waals surface area contributed by atoms with E-state index in [-0.39, 0.29) is 28.6 Å². The van der Waals surface area contributed by atoms with Crippen molar-refractivity contribution < 1.29 is 34.5 Å². The predicted octanol–water partition coefficient (Wildman–Crippen LogP) is 0.156. The smallest absolute Gasteiger partial charge is 0.413 e. The maximum atomic E-state index is 12.1. The summed E-state index contributed by atoms with van der Waals surface area (Å²) in [6.07, 6.45) is -3.07. The largest absolute Gasteiger partial charge is 0.444 e. The third kappa shape index (κ3) is 4.04. The number of fused-ring (bicyclic) bond motifs is 1. The average Bonchev–Trinajstić information content (AvgIpc) is 3.46. The van der Waals surface area contributed by atoms with E-state index < -0.39 is 42.2 Å². The van der Waals surface area contributed by atoms with Gasteiger partial charge in [-0.3, -0.25) is 20.0 Å². The van der Waals surface area contributed by atoms with Gasteiger partial charge in [0, 0.05) is 10.9 Å². The van der Waals surface area contributed by atoms with Crippen LogP contribution < -0.4 is 5.32 Å². The number of aliphatic hydroxyl groups excluding tert-OH is 3. The van der Waals surface area contributed by atoms with Gasteiger partial charge in [0.2, 0.25) is 0 Å². The lowest BCUT2D eigenvalue weighted by Crippen LogP contribution is -2.33. The van der Waals surface area contributed by atoms with Crippen molar-refractivity contribution in [3.63, 3.8) is 0 Å². The van der Waals surface area contributed by atoms with E-state index in [0.717, 1.165) is 17.7 Å². The Morgan fingerprint density at radius 2 is 2.13 bits per heavy atom. The Balaban J connectivity index is 1.47. The Morgan fingerprint density at radius 3 is 2.81 bits per heavy atom. The van der Waals surface area contributed by atoms with Crippen molar-refractivity contribution in [2.45, 2.75) is 31.1 Å². The van der Waals surface area contributed by atoms with Crippen molar-refractivity contribution in [2.75, 3.05) is 11.9 Å². The number of hydrogen-bond donors (Lipinski definition) is 4. The summed E-state index contributed by atoms with van der Waals surface area (Å²) in [5.74, 6) is 0.0256. The zero-order valence-electron chi connectivity index (χ0n) is 15.6. The van der Waals surface area contributed by atoms with Crippen molar-refractivity contribution in [3.8, 4) is 0 Å². The van der Waals surface area contributed by atoms with Gasteiger partial charge in [0.1, 0.15) is 31.2 Å². The second kappa shape index (κ2) is 8.48. The Labute approximate surface area is 176 Å². The number of nitro groups is 1. The fraction of sp³-hybridized carbons (Fsp3) is 0.375. The first-order valence-electron chi connectivity index (χ1n) is 8.86. The van der Waals surface area contributed by atoms with Crippen LogP contribution in [0.4, 0.5) is 15.6 Å². The number of carbonyl (C=O) groups excluding carboxylic acids is 1. The average molecular weight is 452 g/mol. The molecule has 31 heavy (non-hydrogen) atoms. The molecule has 14 nitrogen and oxygen atoms in total. The van der Waals surface area contributed by atoms with Gasteiger partial charge < -0.3 is 24.8 Å². The summed E-state index contributed by atoms with van der Waals surface area (Å²) in [5, 5.41) is 42.5. The molecule has 1 amide bonds. The summed E-state index contributed by atoms with van der Waals surface area (Å²) in [6, 6.07) is 2.81. The fourth-order valence-corrected chi connectivity index (χ4v) is 3.78. The molecule has 1 aliphatic heterocycles. The molecule has 1 aliphatic rings. The fourth-order valence-electron chi connectivity index (χ4n) is 3.05. The van der Waals surface area contributed by atoms with Crippen molar-refractivity contribution in [3.05, 3.63) is 39.8 Å². The molecule has 15 heteroatoms. The number of hydrogen-bond acceptors (Lipinski definition) is 12. The number of nitrogens with zero attached hydrogens (tertiary/aromatic N) is 5. The molecule has 4 atom stereocenters. The molecule has 1 fully saturated rings. The van der Waals surface area contributed by atoms with Crippen LogP contribution in [0.5, 0.6) is 0 Å². The quantitative estimate of drug-likeness (QED) is 0.294. The Morgan fingerprint density at radius 1 is 1.32 bits per heavy atom. The van der Waals surface area contributed by atoms with Crippen LogP contribution in [-0.2, 0) is 16.1 Å². The van der Waals surface area contributed by atoms with Crippen LogP contribution >= 0.6 is 11.3 Å². The minimum absolute atomic E-state index is 0.0256. The Kier molecular flexibility index (Phi) is 5.75. The lowest BCUT2D eigenvalue weighted by molar-refractivity contribution is -0.380. The van der Waals surface area contributed by atoms with Gasteiger partial charge in [-0.15, -0.1) is 0 Å². The first kappa shape index (κ1) is 21.0. The van der Waals surface area contributed by atoms with Crippen LogP contribution in [0.15, 0.2) is 24.8 Å². The normalized spacial score (nSPS) is 23.2. The van der Waals surface area contributed by atoms with Crippen molar-refractivity contribution in [2.24, 2.45) is 0 Å². The molecule has 0 aliphatic carbocycles. The lowest BCUT2D eigenvalue weighted by Gasteiger charge is -2.16. The number of amides is 1. The molecular weight excluding hydrogens is 436 g/mol. The molecule has 0 aromatic carbocycles. The number of aromatic nitrogens is 4. The van der Waals surface area contributed by atoms with Crippen LogP contribution in [0, 0.1) is 10.1 Å². The zero-order valence-corrected chi connectivity index (χ0v) is 16.4. The molecule has 0 radical (unpaired) electrons. The third-order valence-corrected chi connectivity index (χ3v) is 5.55. The Bertz CT molecular complexity index is 1120. The maximum absolute atomic E-state index is 12.1. The zero-order chi connectivity index (χ0) is 22.1. The molecule has 4 heterocycles. The first-order valence-corrected chi connectivity index (χ1v) is 9.67. The van der Waals surface area contributed by atoms with Gasteiger partial charge in [0.05, 0.1) is 17.9 Å². The van der Waals surface area contributed by atoms with E-state index >= 15 is 0 Å². The van der Waals surface area contributed by atoms with Crippen molar-refractivity contribution >= 4 is 39.4 Å². The van der Waals surface area contributed by atoms with E-state index in [2.05, 4.69) is 20.3 Å². The van der Waals surface area contributed by atoms with Gasteiger partial charge in [-0.2, -0.15) is 0 Å². The van der Waals surface area contributed by atoms with Crippen LogP contribution in [0.1, 0.15) is 11.1 Å². The highest BCUT2D eigenvalue weighted by atomic mass is 32.1. The molecule has 164 valence electrons. The number of aliphatic hydroxyl groups is 3. The SMILES string of the molecule is O=C(Nc1ncnc2c1ncn2C1O[C@H](CO)[C@@H](O)[C@@H]1O)OCc1ccc([N+](=O)[O-])s1. The number of ether oxygens (including phenoxy) is 2. The summed E-state index contributed by atoms with van der Waals surface area (Å²) in [5.41, 5.74) is 0.373.